The highest BCUT2D eigenvalue weighted by Crippen LogP contribution is 2.51. The molecule has 2 bridgehead atoms. The predicted molar refractivity (Wildman–Crippen MR) is 138 cm³/mol. The van der Waals surface area contributed by atoms with Gasteiger partial charge >= 0.3 is 0 Å². The van der Waals surface area contributed by atoms with E-state index in [9.17, 15) is 0 Å². The van der Waals surface area contributed by atoms with Gasteiger partial charge in [0.1, 0.15) is 0 Å². The second kappa shape index (κ2) is 8.26. The summed E-state index contributed by atoms with van der Waals surface area (Å²) in [6.07, 6.45) is 8.74. The number of hydrogen-bond acceptors (Lipinski definition) is 5. The smallest absolute Gasteiger partial charge is 0.151 e. The maximum absolute atomic E-state index is 6.45. The second-order valence-corrected chi connectivity index (χ2v) is 10.7. The molecule has 3 aliphatic rings. The largest absolute Gasteiger partial charge is 0.453 e. The minimum Gasteiger partial charge on any atom is -0.453 e. The van der Waals surface area contributed by atoms with Gasteiger partial charge < -0.3 is 9.64 Å². The highest BCUT2D eigenvalue weighted by Gasteiger charge is 2.44. The first-order valence-corrected chi connectivity index (χ1v) is 13.1. The van der Waals surface area contributed by atoms with Gasteiger partial charge in [0, 0.05) is 47.5 Å². The molecule has 0 spiro atoms. The molecule has 4 aromatic rings. The molecule has 4 nitrogen and oxygen atoms in total. The molecular formula is C29H27N3OS. The molecule has 5 heterocycles. The van der Waals surface area contributed by atoms with Crippen LogP contribution in [-0.2, 0) is 6.54 Å². The molecule has 0 saturated carbocycles. The molecule has 2 unspecified atom stereocenters. The van der Waals surface area contributed by atoms with Crippen LogP contribution in [0.3, 0.4) is 0 Å². The molecule has 2 saturated heterocycles. The lowest BCUT2D eigenvalue weighted by molar-refractivity contribution is 0.120. The molecule has 2 atom stereocenters. The molecule has 3 aliphatic heterocycles. The Hall–Kier alpha value is -3.15. The number of hydrogen-bond donors (Lipinski definition) is 0. The summed E-state index contributed by atoms with van der Waals surface area (Å²) in [7, 11) is 0. The van der Waals surface area contributed by atoms with Crippen molar-refractivity contribution in [2.24, 2.45) is 0 Å². The lowest BCUT2D eigenvalue weighted by atomic mass is 9.93. The molecule has 2 aromatic carbocycles. The van der Waals surface area contributed by atoms with Gasteiger partial charge in [-0.15, -0.1) is 11.3 Å². The Morgan fingerprint density at radius 2 is 1.68 bits per heavy atom. The lowest BCUT2D eigenvalue weighted by Gasteiger charge is -2.46. The van der Waals surface area contributed by atoms with Gasteiger partial charge in [0.25, 0.3) is 0 Å². The predicted octanol–water partition coefficient (Wildman–Crippen LogP) is 7.25. The Morgan fingerprint density at radius 1 is 0.824 bits per heavy atom. The number of fused-ring (bicyclic) bond motifs is 4. The minimum absolute atomic E-state index is 0.477. The van der Waals surface area contributed by atoms with Crippen LogP contribution in [0.5, 0.6) is 11.5 Å². The van der Waals surface area contributed by atoms with Crippen LogP contribution >= 0.6 is 11.3 Å². The molecule has 170 valence electrons. The van der Waals surface area contributed by atoms with Gasteiger partial charge in [0.05, 0.1) is 11.4 Å². The number of thiophene rings is 1. The number of piperidine rings is 1. The fraction of sp³-hybridized carbons (Fsp3) is 0.276. The molecule has 0 N–H and O–H groups in total. The Bertz CT molecular complexity index is 1290. The normalized spacial score (nSPS) is 23.3. The number of aromatic nitrogens is 1. The third kappa shape index (κ3) is 3.42. The number of anilines is 2. The fourth-order valence-electron chi connectivity index (χ4n) is 6.19. The average Bonchev–Trinajstić information content (AvgIpc) is 3.47. The van der Waals surface area contributed by atoms with Crippen molar-refractivity contribution in [1.82, 2.24) is 9.88 Å². The average molecular weight is 466 g/mol. The van der Waals surface area contributed by atoms with Crippen molar-refractivity contribution in [3.63, 3.8) is 0 Å². The molecule has 0 radical (unpaired) electrons. The van der Waals surface area contributed by atoms with Gasteiger partial charge in [-0.05, 0) is 73.0 Å². The van der Waals surface area contributed by atoms with Crippen LogP contribution in [0.1, 0.15) is 30.6 Å². The Morgan fingerprint density at radius 3 is 2.47 bits per heavy atom. The van der Waals surface area contributed by atoms with Crippen molar-refractivity contribution in [3.05, 3.63) is 89.4 Å². The van der Waals surface area contributed by atoms with E-state index in [1.165, 1.54) is 41.9 Å². The summed E-state index contributed by atoms with van der Waals surface area (Å²) in [6.45, 7) is 1.10. The number of benzene rings is 2. The third-order valence-corrected chi connectivity index (χ3v) is 8.56. The van der Waals surface area contributed by atoms with Crippen molar-refractivity contribution in [2.75, 3.05) is 4.90 Å². The summed E-state index contributed by atoms with van der Waals surface area (Å²) in [5, 5.41) is 2.20. The number of ether oxygens (including phenoxy) is 1. The number of para-hydroxylation sites is 2. The highest BCUT2D eigenvalue weighted by atomic mass is 32.1. The number of pyridine rings is 1. The van der Waals surface area contributed by atoms with Crippen LogP contribution in [0.2, 0.25) is 0 Å². The molecule has 0 aliphatic carbocycles. The van der Waals surface area contributed by atoms with Gasteiger partial charge in [-0.3, -0.25) is 9.88 Å². The molecule has 2 fully saturated rings. The van der Waals surface area contributed by atoms with E-state index in [0.29, 0.717) is 18.1 Å². The first kappa shape index (κ1) is 20.2. The summed E-state index contributed by atoms with van der Waals surface area (Å²) < 4.78 is 6.45. The van der Waals surface area contributed by atoms with Crippen molar-refractivity contribution in [1.29, 1.82) is 0 Å². The van der Waals surface area contributed by atoms with Crippen LogP contribution in [0.4, 0.5) is 11.4 Å². The van der Waals surface area contributed by atoms with Crippen LogP contribution in [0, 0.1) is 0 Å². The summed E-state index contributed by atoms with van der Waals surface area (Å²) in [4.78, 5) is 11.1. The van der Waals surface area contributed by atoms with Gasteiger partial charge in [0.2, 0.25) is 0 Å². The van der Waals surface area contributed by atoms with Crippen LogP contribution < -0.4 is 9.64 Å². The molecule has 7 rings (SSSR count). The van der Waals surface area contributed by atoms with Crippen molar-refractivity contribution in [3.8, 4) is 22.6 Å². The van der Waals surface area contributed by atoms with Gasteiger partial charge in [-0.2, -0.15) is 0 Å². The second-order valence-electron chi connectivity index (χ2n) is 9.63. The monoisotopic (exact) mass is 465 g/mol. The molecule has 34 heavy (non-hydrogen) atoms. The first-order valence-electron chi connectivity index (χ1n) is 12.2. The van der Waals surface area contributed by atoms with Crippen molar-refractivity contribution >= 4 is 22.7 Å². The maximum atomic E-state index is 6.45. The fourth-order valence-corrected chi connectivity index (χ4v) is 6.90. The number of nitrogens with zero attached hydrogens (tertiary/aromatic N) is 3. The Balaban J connectivity index is 1.23. The Labute approximate surface area is 204 Å². The van der Waals surface area contributed by atoms with E-state index < -0.39 is 0 Å². The van der Waals surface area contributed by atoms with Gasteiger partial charge in [-0.1, -0.05) is 30.3 Å². The summed E-state index contributed by atoms with van der Waals surface area (Å²) in [5.41, 5.74) is 4.62. The van der Waals surface area contributed by atoms with E-state index in [-0.39, 0.29) is 0 Å². The molecule has 2 aromatic heterocycles. The SMILES string of the molecule is c1cncc(-c2ccc3c(c2)Oc2ccccc2N3C2CC3CCC(C2)N3Cc2cccs2)c1. The van der Waals surface area contributed by atoms with Crippen LogP contribution in [-0.4, -0.2) is 28.0 Å². The van der Waals surface area contributed by atoms with E-state index in [4.69, 9.17) is 4.74 Å². The standard InChI is InChI=1S/C29H27N3OS/c1-2-8-28-26(7-1)32(27-12-9-20(15-29(27)33-28)21-5-3-13-30-18-21)24-16-22-10-11-23(17-24)31(22)19-25-6-4-14-34-25/h1-9,12-15,18,22-24H,10-11,16-17,19H2. The van der Waals surface area contributed by atoms with Crippen LogP contribution in [0.15, 0.2) is 84.5 Å². The highest BCUT2D eigenvalue weighted by molar-refractivity contribution is 7.09. The zero-order valence-electron chi connectivity index (χ0n) is 19.0. The molecular weight excluding hydrogens is 438 g/mol. The van der Waals surface area contributed by atoms with Gasteiger partial charge in [-0.25, -0.2) is 0 Å². The summed E-state index contributed by atoms with van der Waals surface area (Å²) >= 11 is 1.89. The zero-order valence-corrected chi connectivity index (χ0v) is 19.8. The first-order chi connectivity index (χ1) is 16.8. The summed E-state index contributed by atoms with van der Waals surface area (Å²) in [6, 6.07) is 25.5. The Kier molecular flexibility index (Phi) is 4.92. The van der Waals surface area contributed by atoms with E-state index >= 15 is 0 Å². The van der Waals surface area contributed by atoms with E-state index in [1.807, 2.05) is 29.8 Å². The van der Waals surface area contributed by atoms with Gasteiger partial charge in [0.15, 0.2) is 11.5 Å². The number of rotatable bonds is 4. The van der Waals surface area contributed by atoms with E-state index in [0.717, 1.165) is 29.2 Å². The van der Waals surface area contributed by atoms with E-state index in [2.05, 4.69) is 80.8 Å². The zero-order chi connectivity index (χ0) is 22.5. The quantitative estimate of drug-likeness (QED) is 0.317. The van der Waals surface area contributed by atoms with Crippen LogP contribution in [0.25, 0.3) is 11.1 Å². The maximum Gasteiger partial charge on any atom is 0.151 e. The summed E-state index contributed by atoms with van der Waals surface area (Å²) in [5.74, 6) is 1.89. The molecule has 5 heteroatoms. The van der Waals surface area contributed by atoms with Crippen molar-refractivity contribution < 1.29 is 4.74 Å². The third-order valence-electron chi connectivity index (χ3n) is 7.70. The topological polar surface area (TPSA) is 28.6 Å². The minimum atomic E-state index is 0.477. The molecule has 0 amide bonds. The lowest BCUT2D eigenvalue weighted by Crippen LogP contribution is -2.49. The van der Waals surface area contributed by atoms with E-state index in [1.54, 1.807) is 0 Å². The van der Waals surface area contributed by atoms with Crippen molar-refractivity contribution in [2.45, 2.75) is 50.4 Å².